The van der Waals surface area contributed by atoms with Gasteiger partial charge in [0.1, 0.15) is 0 Å². The quantitative estimate of drug-likeness (QED) is 0.470. The fourth-order valence-electron chi connectivity index (χ4n) is 1.81. The number of ether oxygens (including phenoxy) is 1. The Hall–Kier alpha value is -2.28. The monoisotopic (exact) mass is 424 g/mol. The number of hydrazine groups is 2. The minimum Gasteiger partial charge on any atom is -0.481 e. The summed E-state index contributed by atoms with van der Waals surface area (Å²) in [6.07, 6.45) is 1.26. The van der Waals surface area contributed by atoms with E-state index < -0.39 is 27.2 Å². The van der Waals surface area contributed by atoms with Gasteiger partial charge >= 0.3 is 6.03 Å². The fourth-order valence-corrected chi connectivity index (χ4v) is 3.25. The van der Waals surface area contributed by atoms with Gasteiger partial charge in [-0.1, -0.05) is 17.7 Å². The van der Waals surface area contributed by atoms with Crippen LogP contribution in [-0.2, 0) is 14.8 Å². The molecule has 1 aromatic heterocycles. The third-order valence-corrected chi connectivity index (χ3v) is 4.66. The number of hydrogen-bond acceptors (Lipinski definition) is 9. The Bertz CT molecular complexity index is 846. The van der Waals surface area contributed by atoms with Crippen LogP contribution in [0.1, 0.15) is 11.7 Å². The molecular formula is C12H14Cl2N6O5S. The van der Waals surface area contributed by atoms with E-state index in [0.717, 1.165) is 5.23 Å². The standard InChI is InChI=1S/C12H14Cl2N6O5S/c1-25-10-5-9(14)16-20(17-10)18-12(22)19-26(23,24)11-7(8(21)6-13)3-2-4-15-11/h2-5,8,17,21H,6H2,1H3,(H2,18,19,22). The average molecular weight is 425 g/mol. The molecule has 0 fully saturated rings. The van der Waals surface area contributed by atoms with E-state index >= 15 is 0 Å². The van der Waals surface area contributed by atoms with Crippen molar-refractivity contribution in [3.05, 3.63) is 35.9 Å². The van der Waals surface area contributed by atoms with E-state index in [1.165, 1.54) is 31.5 Å². The number of aliphatic hydroxyl groups excluding tert-OH is 1. The van der Waals surface area contributed by atoms with Gasteiger partial charge in [0.25, 0.3) is 10.0 Å². The molecule has 0 radical (unpaired) electrons. The van der Waals surface area contributed by atoms with Gasteiger partial charge in [0.15, 0.2) is 10.2 Å². The minimum absolute atomic E-state index is 0.0268. The number of amides is 2. The van der Waals surface area contributed by atoms with Gasteiger partial charge < -0.3 is 9.84 Å². The molecule has 0 aliphatic carbocycles. The van der Waals surface area contributed by atoms with Crippen LogP contribution in [0.25, 0.3) is 0 Å². The Morgan fingerprint density at radius 3 is 2.92 bits per heavy atom. The first-order chi connectivity index (χ1) is 12.3. The number of pyridine rings is 1. The lowest BCUT2D eigenvalue weighted by Crippen LogP contribution is -2.53. The number of aromatic nitrogens is 1. The molecule has 0 saturated carbocycles. The smallest absolute Gasteiger partial charge is 0.350 e. The number of sulfonamides is 1. The minimum atomic E-state index is -4.40. The second-order valence-corrected chi connectivity index (χ2v) is 6.97. The molecule has 11 nitrogen and oxygen atoms in total. The molecule has 0 bridgehead atoms. The molecule has 142 valence electrons. The SMILES string of the molecule is COC1=CC(Cl)=NN(NC(=O)NS(=O)(=O)c2ncccc2C(O)CCl)N1. The highest BCUT2D eigenvalue weighted by molar-refractivity contribution is 7.90. The predicted octanol–water partition coefficient (Wildman–Crippen LogP) is 0.117. The van der Waals surface area contributed by atoms with Gasteiger partial charge in [0.05, 0.1) is 19.1 Å². The van der Waals surface area contributed by atoms with Crippen molar-refractivity contribution in [2.45, 2.75) is 11.1 Å². The molecule has 0 aromatic carbocycles. The summed E-state index contributed by atoms with van der Waals surface area (Å²) in [7, 11) is -3.05. The maximum Gasteiger partial charge on any atom is 0.350 e. The summed E-state index contributed by atoms with van der Waals surface area (Å²) in [5.74, 6) is -0.0947. The van der Waals surface area contributed by atoms with Crippen molar-refractivity contribution in [1.82, 2.24) is 25.8 Å². The first-order valence-corrected chi connectivity index (χ1v) is 9.25. The number of allylic oxidation sites excluding steroid dienone is 1. The summed E-state index contributed by atoms with van der Waals surface area (Å²) in [5.41, 5.74) is 4.52. The van der Waals surface area contributed by atoms with E-state index in [1.807, 2.05) is 0 Å². The summed E-state index contributed by atoms with van der Waals surface area (Å²) in [4.78, 5) is 15.7. The van der Waals surface area contributed by atoms with Gasteiger partial charge in [-0.25, -0.2) is 25.4 Å². The maximum atomic E-state index is 12.4. The zero-order chi connectivity index (χ0) is 19.3. The Morgan fingerprint density at radius 1 is 1.54 bits per heavy atom. The average Bonchev–Trinajstić information content (AvgIpc) is 2.59. The van der Waals surface area contributed by atoms with Gasteiger partial charge in [-0.05, 0) is 6.07 Å². The molecule has 0 spiro atoms. The number of aliphatic hydroxyl groups is 1. The lowest BCUT2D eigenvalue weighted by Gasteiger charge is -2.24. The topological polar surface area (TPSA) is 145 Å². The lowest BCUT2D eigenvalue weighted by atomic mass is 10.2. The molecule has 1 aromatic rings. The summed E-state index contributed by atoms with van der Waals surface area (Å²) in [5, 5.41) is 13.7. The molecule has 2 amide bonds. The van der Waals surface area contributed by atoms with Gasteiger partial charge in [0.2, 0.25) is 5.88 Å². The predicted molar refractivity (Wildman–Crippen MR) is 92.1 cm³/mol. The molecule has 0 saturated heterocycles. The first kappa shape index (κ1) is 20.0. The van der Waals surface area contributed by atoms with Crippen LogP contribution in [0.3, 0.4) is 0 Å². The maximum absolute atomic E-state index is 12.4. The van der Waals surface area contributed by atoms with Crippen LogP contribution in [0.15, 0.2) is 40.4 Å². The zero-order valence-electron chi connectivity index (χ0n) is 13.2. The van der Waals surface area contributed by atoms with Crippen LogP contribution in [0.5, 0.6) is 0 Å². The van der Waals surface area contributed by atoms with Crippen molar-refractivity contribution >= 4 is 44.4 Å². The number of nitrogens with zero attached hydrogens (tertiary/aromatic N) is 3. The third kappa shape index (κ3) is 4.88. The number of urea groups is 1. The van der Waals surface area contributed by atoms with E-state index in [-0.39, 0.29) is 22.5 Å². The van der Waals surface area contributed by atoms with Gasteiger partial charge in [-0.3, -0.25) is 0 Å². The van der Waals surface area contributed by atoms with Gasteiger partial charge in [-0.15, -0.1) is 21.9 Å². The van der Waals surface area contributed by atoms with Crippen molar-refractivity contribution in [3.8, 4) is 0 Å². The summed E-state index contributed by atoms with van der Waals surface area (Å²) < 4.78 is 31.4. The van der Waals surface area contributed by atoms with E-state index in [0.29, 0.717) is 0 Å². The second-order valence-electron chi connectivity index (χ2n) is 4.67. The molecule has 26 heavy (non-hydrogen) atoms. The van der Waals surface area contributed by atoms with Gasteiger partial charge in [-0.2, -0.15) is 8.42 Å². The largest absolute Gasteiger partial charge is 0.481 e. The lowest BCUT2D eigenvalue weighted by molar-refractivity contribution is 0.100. The van der Waals surface area contributed by atoms with Crippen LogP contribution >= 0.6 is 23.2 Å². The Labute approximate surface area is 158 Å². The summed E-state index contributed by atoms with van der Waals surface area (Å²) >= 11 is 11.3. The molecule has 1 aliphatic rings. The van der Waals surface area contributed by atoms with Crippen LogP contribution in [0.2, 0.25) is 0 Å². The molecule has 2 rings (SSSR count). The van der Waals surface area contributed by atoms with Crippen molar-refractivity contribution in [1.29, 1.82) is 0 Å². The molecule has 2 heterocycles. The molecule has 4 N–H and O–H groups in total. The summed E-state index contributed by atoms with van der Waals surface area (Å²) in [6, 6.07) is 1.59. The number of hydrogen-bond donors (Lipinski definition) is 4. The number of hydrazone groups is 1. The number of alkyl halides is 1. The third-order valence-electron chi connectivity index (χ3n) is 2.88. The van der Waals surface area contributed by atoms with Crippen LogP contribution in [0.4, 0.5) is 4.79 Å². The highest BCUT2D eigenvalue weighted by Gasteiger charge is 2.26. The second kappa shape index (κ2) is 8.40. The van der Waals surface area contributed by atoms with Crippen LogP contribution < -0.4 is 15.6 Å². The fraction of sp³-hybridized carbons (Fsp3) is 0.250. The Kier molecular flexibility index (Phi) is 6.47. The Morgan fingerprint density at radius 2 is 2.27 bits per heavy atom. The van der Waals surface area contributed by atoms with E-state index in [1.54, 1.807) is 4.72 Å². The number of nitrogens with one attached hydrogen (secondary N) is 3. The molecular weight excluding hydrogens is 411 g/mol. The highest BCUT2D eigenvalue weighted by atomic mass is 35.5. The van der Waals surface area contributed by atoms with E-state index in [4.69, 9.17) is 27.9 Å². The number of methoxy groups -OCH3 is 1. The zero-order valence-corrected chi connectivity index (χ0v) is 15.5. The van der Waals surface area contributed by atoms with Crippen molar-refractivity contribution in [2.75, 3.05) is 13.0 Å². The van der Waals surface area contributed by atoms with Crippen molar-refractivity contribution < 1.29 is 23.1 Å². The van der Waals surface area contributed by atoms with E-state index in [9.17, 15) is 18.3 Å². The molecule has 14 heteroatoms. The Balaban J connectivity index is 2.13. The van der Waals surface area contributed by atoms with Crippen molar-refractivity contribution in [2.24, 2.45) is 5.10 Å². The molecule has 1 unspecified atom stereocenters. The number of carbonyl (C=O) groups excluding carboxylic acids is 1. The van der Waals surface area contributed by atoms with Crippen LogP contribution in [0, 0.1) is 0 Å². The molecule has 1 aliphatic heterocycles. The summed E-state index contributed by atoms with van der Waals surface area (Å²) in [6.45, 7) is 0. The number of carbonyl (C=O) groups is 1. The first-order valence-electron chi connectivity index (χ1n) is 6.85. The highest BCUT2D eigenvalue weighted by Crippen LogP contribution is 2.21. The molecule has 1 atom stereocenters. The van der Waals surface area contributed by atoms with Gasteiger partial charge in [0, 0.05) is 17.8 Å². The van der Waals surface area contributed by atoms with E-state index in [2.05, 4.69) is 20.9 Å². The van der Waals surface area contributed by atoms with Crippen molar-refractivity contribution in [3.63, 3.8) is 0 Å². The van der Waals surface area contributed by atoms with Crippen LogP contribution in [-0.4, -0.2) is 47.9 Å². The number of rotatable bonds is 6. The normalized spacial score (nSPS) is 15.3. The number of halogens is 2.